The van der Waals surface area contributed by atoms with Crippen LogP contribution in [0.25, 0.3) is 0 Å². The van der Waals surface area contributed by atoms with E-state index in [1.165, 1.54) is 4.90 Å². The monoisotopic (exact) mass is 326 g/mol. The highest BCUT2D eigenvalue weighted by atomic mass is 32.1. The molecule has 122 valence electrons. The minimum absolute atomic E-state index is 0.147. The van der Waals surface area contributed by atoms with E-state index in [1.54, 1.807) is 27.7 Å². The maximum atomic E-state index is 12.3. The van der Waals surface area contributed by atoms with Crippen LogP contribution in [0, 0.1) is 0 Å². The van der Waals surface area contributed by atoms with Crippen molar-refractivity contribution in [2.24, 2.45) is 4.99 Å². The van der Waals surface area contributed by atoms with Crippen molar-refractivity contribution in [3.05, 3.63) is 11.3 Å². The summed E-state index contributed by atoms with van der Waals surface area (Å²) < 4.78 is 10.4. The first kappa shape index (κ1) is 18.3. The second-order valence-corrected chi connectivity index (χ2v) is 6.19. The predicted molar refractivity (Wildman–Crippen MR) is 85.7 cm³/mol. The fourth-order valence-corrected chi connectivity index (χ4v) is 2.19. The number of hydrogen-bond donors (Lipinski definition) is 0. The highest BCUT2D eigenvalue weighted by Crippen LogP contribution is 2.26. The number of aliphatic imine (C=N–C) groups is 1. The molecule has 0 spiro atoms. The highest BCUT2D eigenvalue weighted by Gasteiger charge is 2.34. The third kappa shape index (κ3) is 4.93. The molecule has 0 aromatic carbocycles. The van der Waals surface area contributed by atoms with Crippen molar-refractivity contribution < 1.29 is 19.1 Å². The molecule has 0 saturated heterocycles. The molecular weight excluding hydrogens is 304 g/mol. The van der Waals surface area contributed by atoms with E-state index in [0.29, 0.717) is 17.7 Å². The number of esters is 1. The van der Waals surface area contributed by atoms with Crippen LogP contribution in [0.5, 0.6) is 0 Å². The summed E-state index contributed by atoms with van der Waals surface area (Å²) in [6.45, 7) is 9.41. The van der Waals surface area contributed by atoms with Gasteiger partial charge in [-0.25, -0.2) is 9.59 Å². The van der Waals surface area contributed by atoms with E-state index in [9.17, 15) is 9.59 Å². The Morgan fingerprint density at radius 3 is 2.59 bits per heavy atom. The lowest BCUT2D eigenvalue weighted by Crippen LogP contribution is -2.46. The topological polar surface area (TPSA) is 68.2 Å². The van der Waals surface area contributed by atoms with Crippen molar-refractivity contribution in [3.63, 3.8) is 0 Å². The van der Waals surface area contributed by atoms with Crippen LogP contribution in [0.4, 0.5) is 4.79 Å². The number of carbonyl (C=O) groups is 2. The Morgan fingerprint density at radius 2 is 2.09 bits per heavy atom. The Morgan fingerprint density at radius 1 is 1.45 bits per heavy atom. The minimum Gasteiger partial charge on any atom is -0.463 e. The summed E-state index contributed by atoms with van der Waals surface area (Å²) in [6.07, 6.45) is -0.103. The van der Waals surface area contributed by atoms with E-state index in [2.05, 4.69) is 22.4 Å². The standard InChI is InChI=1S/C15H22N2O4S/c1-6-20-13(18)11-7-10(2)17(8-12(11)16-9-22)14(19)21-15(3,4)5/h10H,6-8H2,1-5H3. The zero-order valence-corrected chi connectivity index (χ0v) is 14.5. The third-order valence-corrected chi connectivity index (χ3v) is 3.12. The Kier molecular flexibility index (Phi) is 6.26. The van der Waals surface area contributed by atoms with Gasteiger partial charge in [-0.05, 0) is 46.8 Å². The summed E-state index contributed by atoms with van der Waals surface area (Å²) in [4.78, 5) is 29.7. The van der Waals surface area contributed by atoms with Crippen molar-refractivity contribution in [1.29, 1.82) is 0 Å². The van der Waals surface area contributed by atoms with Gasteiger partial charge >= 0.3 is 12.1 Å². The van der Waals surface area contributed by atoms with Gasteiger partial charge in [0.1, 0.15) is 5.60 Å². The molecule has 1 heterocycles. The Balaban J connectivity index is 3.04. The zero-order valence-electron chi connectivity index (χ0n) is 13.6. The average molecular weight is 326 g/mol. The molecule has 0 aromatic heterocycles. The molecule has 0 aromatic rings. The van der Waals surface area contributed by atoms with Gasteiger partial charge in [0.15, 0.2) is 0 Å². The normalized spacial score (nSPS) is 18.6. The first-order valence-electron chi connectivity index (χ1n) is 7.16. The lowest BCUT2D eigenvalue weighted by Gasteiger charge is -2.35. The molecule has 0 radical (unpaired) electrons. The number of ether oxygens (including phenoxy) is 2. The lowest BCUT2D eigenvalue weighted by molar-refractivity contribution is -0.139. The minimum atomic E-state index is -0.588. The van der Waals surface area contributed by atoms with Gasteiger partial charge in [0.05, 0.1) is 29.6 Å². The van der Waals surface area contributed by atoms with Crippen LogP contribution in [-0.2, 0) is 14.3 Å². The van der Waals surface area contributed by atoms with Crippen LogP contribution in [0.15, 0.2) is 16.3 Å². The summed E-state index contributed by atoms with van der Waals surface area (Å²) in [5.41, 5.74) is 0.249. The van der Waals surface area contributed by atoms with Crippen molar-refractivity contribution >= 4 is 29.4 Å². The second-order valence-electron chi connectivity index (χ2n) is 6.01. The van der Waals surface area contributed by atoms with Gasteiger partial charge in [-0.1, -0.05) is 0 Å². The zero-order chi connectivity index (χ0) is 16.9. The van der Waals surface area contributed by atoms with Crippen LogP contribution >= 0.6 is 12.2 Å². The number of thiocarbonyl (C=S) groups is 1. The quantitative estimate of drug-likeness (QED) is 0.453. The van der Waals surface area contributed by atoms with Gasteiger partial charge in [-0.2, -0.15) is 4.99 Å². The molecule has 0 fully saturated rings. The highest BCUT2D eigenvalue weighted by molar-refractivity contribution is 7.78. The largest absolute Gasteiger partial charge is 0.463 e. The molecule has 7 heteroatoms. The van der Waals surface area contributed by atoms with Gasteiger partial charge in [-0.3, -0.25) is 4.90 Å². The van der Waals surface area contributed by atoms with Crippen molar-refractivity contribution in [2.75, 3.05) is 13.2 Å². The van der Waals surface area contributed by atoms with Gasteiger partial charge in [0.25, 0.3) is 0 Å². The number of rotatable bonds is 3. The molecular formula is C15H22N2O4S. The van der Waals surface area contributed by atoms with Gasteiger partial charge in [0, 0.05) is 12.5 Å². The molecule has 1 aliphatic heterocycles. The number of carbonyl (C=O) groups excluding carboxylic acids is 2. The summed E-state index contributed by atoms with van der Waals surface area (Å²) in [7, 11) is 0. The molecule has 1 atom stereocenters. The fourth-order valence-electron chi connectivity index (χ4n) is 2.08. The summed E-state index contributed by atoms with van der Waals surface area (Å²) in [5, 5.41) is 2.25. The van der Waals surface area contributed by atoms with Crippen molar-refractivity contribution in [2.45, 2.75) is 52.7 Å². The Bertz CT molecular complexity index is 530. The van der Waals surface area contributed by atoms with Crippen LogP contribution in [-0.4, -0.2) is 46.9 Å². The maximum Gasteiger partial charge on any atom is 0.410 e. The molecule has 0 saturated carbocycles. The van der Waals surface area contributed by atoms with E-state index < -0.39 is 17.7 Å². The Hall–Kier alpha value is -1.72. The molecule has 1 unspecified atom stereocenters. The number of isothiocyanates is 1. The number of nitrogens with zero attached hydrogens (tertiary/aromatic N) is 2. The molecule has 6 nitrogen and oxygen atoms in total. The van der Waals surface area contributed by atoms with Gasteiger partial charge in [0.2, 0.25) is 0 Å². The maximum absolute atomic E-state index is 12.3. The van der Waals surface area contributed by atoms with Crippen LogP contribution in [0.1, 0.15) is 41.0 Å². The van der Waals surface area contributed by atoms with Gasteiger partial charge < -0.3 is 9.47 Å². The fraction of sp³-hybridized carbons (Fsp3) is 0.667. The van der Waals surface area contributed by atoms with E-state index in [1.807, 2.05) is 6.92 Å². The summed E-state index contributed by atoms with van der Waals surface area (Å²) in [5.74, 6) is -0.429. The van der Waals surface area contributed by atoms with E-state index in [4.69, 9.17) is 9.47 Å². The Labute approximate surface area is 136 Å². The van der Waals surface area contributed by atoms with Crippen LogP contribution < -0.4 is 0 Å². The first-order valence-corrected chi connectivity index (χ1v) is 7.57. The van der Waals surface area contributed by atoms with Crippen LogP contribution in [0.2, 0.25) is 0 Å². The summed E-state index contributed by atoms with van der Waals surface area (Å²) in [6, 6.07) is -0.196. The molecule has 0 aliphatic carbocycles. The smallest absolute Gasteiger partial charge is 0.410 e. The first-order chi connectivity index (χ1) is 10.2. The van der Waals surface area contributed by atoms with E-state index in [0.717, 1.165) is 0 Å². The lowest BCUT2D eigenvalue weighted by atomic mass is 9.99. The number of amides is 1. The van der Waals surface area contributed by atoms with Crippen LogP contribution in [0.3, 0.4) is 0 Å². The van der Waals surface area contributed by atoms with Gasteiger partial charge in [-0.15, -0.1) is 0 Å². The molecule has 0 N–H and O–H groups in total. The average Bonchev–Trinajstić information content (AvgIpc) is 2.38. The molecule has 1 aliphatic rings. The molecule has 22 heavy (non-hydrogen) atoms. The molecule has 1 amide bonds. The van der Waals surface area contributed by atoms with E-state index >= 15 is 0 Å². The molecule has 1 rings (SSSR count). The van der Waals surface area contributed by atoms with Crippen molar-refractivity contribution in [3.8, 4) is 0 Å². The molecule has 0 bridgehead atoms. The number of hydrogen-bond acceptors (Lipinski definition) is 6. The van der Waals surface area contributed by atoms with E-state index in [-0.39, 0.29) is 19.2 Å². The second kappa shape index (κ2) is 7.51. The summed E-state index contributed by atoms with van der Waals surface area (Å²) >= 11 is 4.62. The van der Waals surface area contributed by atoms with Crippen molar-refractivity contribution in [1.82, 2.24) is 4.90 Å². The third-order valence-electron chi connectivity index (χ3n) is 3.03. The predicted octanol–water partition coefficient (Wildman–Crippen LogP) is 2.94. The SMILES string of the molecule is CCOC(=O)C1=C(N=C=S)CN(C(=O)OC(C)(C)C)C(C)C1.